The minimum absolute atomic E-state index is 0.0895. The first-order valence-electron chi connectivity index (χ1n) is 7.90. The van der Waals surface area contributed by atoms with E-state index in [0.29, 0.717) is 24.4 Å². The molecule has 1 aliphatic rings. The Hall–Kier alpha value is -2.32. The molecule has 0 bridgehead atoms. The number of anilines is 1. The molecule has 0 spiro atoms. The Morgan fingerprint density at radius 2 is 2.04 bits per heavy atom. The van der Waals surface area contributed by atoms with Gasteiger partial charge in [0, 0.05) is 25.4 Å². The number of urea groups is 1. The topological polar surface area (TPSA) is 109 Å². The summed E-state index contributed by atoms with van der Waals surface area (Å²) >= 11 is 6.10. The Morgan fingerprint density at radius 3 is 2.68 bits per heavy atom. The summed E-state index contributed by atoms with van der Waals surface area (Å²) < 4.78 is 4.86. The van der Waals surface area contributed by atoms with E-state index in [1.54, 1.807) is 25.3 Å². The van der Waals surface area contributed by atoms with Crippen molar-refractivity contribution in [3.63, 3.8) is 0 Å². The molecule has 0 heterocycles. The molecule has 0 aromatic heterocycles. The molecule has 1 fully saturated rings. The van der Waals surface area contributed by atoms with Gasteiger partial charge in [-0.2, -0.15) is 0 Å². The highest BCUT2D eigenvalue weighted by Crippen LogP contribution is 2.21. The van der Waals surface area contributed by atoms with Gasteiger partial charge in [-0.3, -0.25) is 14.9 Å². The molecule has 1 aromatic carbocycles. The molecule has 0 atom stereocenters. The SMILES string of the molecule is COCCNC(=O)c1ccc(NCC(=O)NC(=O)NC2CC2)cc1Cl. The maximum Gasteiger partial charge on any atom is 0.321 e. The first kappa shape index (κ1) is 19.0. The van der Waals surface area contributed by atoms with Gasteiger partial charge in [0.2, 0.25) is 5.91 Å². The van der Waals surface area contributed by atoms with Crippen LogP contribution in [0.5, 0.6) is 0 Å². The average molecular weight is 369 g/mol. The number of amides is 4. The van der Waals surface area contributed by atoms with Gasteiger partial charge in [-0.25, -0.2) is 4.79 Å². The molecule has 1 aromatic rings. The van der Waals surface area contributed by atoms with Crippen molar-refractivity contribution in [1.29, 1.82) is 0 Å². The summed E-state index contributed by atoms with van der Waals surface area (Å²) in [5.41, 5.74) is 0.896. The quantitative estimate of drug-likeness (QED) is 0.514. The second-order valence-electron chi connectivity index (χ2n) is 5.59. The molecule has 1 saturated carbocycles. The third kappa shape index (κ3) is 6.60. The zero-order chi connectivity index (χ0) is 18.2. The van der Waals surface area contributed by atoms with Crippen molar-refractivity contribution in [2.45, 2.75) is 18.9 Å². The predicted molar refractivity (Wildman–Crippen MR) is 93.8 cm³/mol. The number of benzene rings is 1. The number of hydrogen-bond donors (Lipinski definition) is 4. The van der Waals surface area contributed by atoms with Crippen molar-refractivity contribution in [2.24, 2.45) is 0 Å². The van der Waals surface area contributed by atoms with Crippen LogP contribution in [0.15, 0.2) is 18.2 Å². The molecule has 0 unspecified atom stereocenters. The molecular formula is C16H21ClN4O4. The summed E-state index contributed by atoms with van der Waals surface area (Å²) in [6.45, 7) is 0.703. The Labute approximate surface area is 150 Å². The smallest absolute Gasteiger partial charge is 0.321 e. The minimum atomic E-state index is -0.490. The van der Waals surface area contributed by atoms with Crippen LogP contribution in [0.2, 0.25) is 5.02 Å². The number of carbonyl (C=O) groups is 3. The zero-order valence-corrected chi connectivity index (χ0v) is 14.6. The number of methoxy groups -OCH3 is 1. The summed E-state index contributed by atoms with van der Waals surface area (Å²) in [5.74, 6) is -0.765. The Morgan fingerprint density at radius 1 is 1.28 bits per heavy atom. The van der Waals surface area contributed by atoms with Gasteiger partial charge in [-0.1, -0.05) is 11.6 Å². The summed E-state index contributed by atoms with van der Waals surface area (Å²) in [4.78, 5) is 35.1. The number of rotatable bonds is 8. The third-order valence-corrected chi connectivity index (χ3v) is 3.74. The minimum Gasteiger partial charge on any atom is -0.383 e. The maximum absolute atomic E-state index is 12.0. The van der Waals surface area contributed by atoms with Gasteiger partial charge >= 0.3 is 6.03 Å². The van der Waals surface area contributed by atoms with Crippen LogP contribution >= 0.6 is 11.6 Å². The summed E-state index contributed by atoms with van der Waals surface area (Å²) in [6.07, 6.45) is 1.90. The third-order valence-electron chi connectivity index (χ3n) is 3.42. The highest BCUT2D eigenvalue weighted by atomic mass is 35.5. The van der Waals surface area contributed by atoms with Crippen molar-refractivity contribution in [1.82, 2.24) is 16.0 Å². The number of carbonyl (C=O) groups excluding carboxylic acids is 3. The van der Waals surface area contributed by atoms with E-state index in [1.807, 2.05) is 0 Å². The van der Waals surface area contributed by atoms with Crippen molar-refractivity contribution in [3.05, 3.63) is 28.8 Å². The lowest BCUT2D eigenvalue weighted by atomic mass is 10.2. The van der Waals surface area contributed by atoms with Gasteiger partial charge in [-0.05, 0) is 31.0 Å². The van der Waals surface area contributed by atoms with Gasteiger partial charge in [0.15, 0.2) is 0 Å². The summed E-state index contributed by atoms with van der Waals surface area (Å²) in [5, 5.41) is 10.7. The van der Waals surface area contributed by atoms with E-state index in [9.17, 15) is 14.4 Å². The highest BCUT2D eigenvalue weighted by Gasteiger charge is 2.23. The molecule has 0 aliphatic heterocycles. The molecule has 4 N–H and O–H groups in total. The zero-order valence-electron chi connectivity index (χ0n) is 13.9. The monoisotopic (exact) mass is 368 g/mol. The lowest BCUT2D eigenvalue weighted by molar-refractivity contribution is -0.118. The highest BCUT2D eigenvalue weighted by molar-refractivity contribution is 6.34. The van der Waals surface area contributed by atoms with E-state index >= 15 is 0 Å². The van der Waals surface area contributed by atoms with E-state index in [-0.39, 0.29) is 23.5 Å². The van der Waals surface area contributed by atoms with Crippen LogP contribution in [0.3, 0.4) is 0 Å². The normalized spacial score (nSPS) is 13.0. The van der Waals surface area contributed by atoms with Gasteiger partial charge in [0.1, 0.15) is 0 Å². The van der Waals surface area contributed by atoms with E-state index in [0.717, 1.165) is 12.8 Å². The number of halogens is 1. The predicted octanol–water partition coefficient (Wildman–Crippen LogP) is 1.12. The molecule has 136 valence electrons. The van der Waals surface area contributed by atoms with Crippen LogP contribution in [0.25, 0.3) is 0 Å². The van der Waals surface area contributed by atoms with E-state index in [4.69, 9.17) is 16.3 Å². The first-order chi connectivity index (χ1) is 12.0. The van der Waals surface area contributed by atoms with Crippen LogP contribution in [-0.4, -0.2) is 50.7 Å². The first-order valence-corrected chi connectivity index (χ1v) is 8.28. The van der Waals surface area contributed by atoms with Gasteiger partial charge in [0.25, 0.3) is 5.91 Å². The fourth-order valence-electron chi connectivity index (χ4n) is 1.97. The molecule has 0 radical (unpaired) electrons. The molecule has 8 nitrogen and oxygen atoms in total. The van der Waals surface area contributed by atoms with Crippen LogP contribution < -0.4 is 21.3 Å². The van der Waals surface area contributed by atoms with Crippen molar-refractivity contribution >= 4 is 35.1 Å². The summed E-state index contributed by atoms with van der Waals surface area (Å²) in [6, 6.07) is 4.43. The van der Waals surface area contributed by atoms with Crippen LogP contribution in [0.4, 0.5) is 10.5 Å². The average Bonchev–Trinajstić information content (AvgIpc) is 3.36. The fourth-order valence-corrected chi connectivity index (χ4v) is 2.24. The number of ether oxygens (including phenoxy) is 1. The largest absolute Gasteiger partial charge is 0.383 e. The van der Waals surface area contributed by atoms with Crippen molar-refractivity contribution < 1.29 is 19.1 Å². The number of hydrogen-bond acceptors (Lipinski definition) is 5. The molecule has 4 amide bonds. The molecule has 9 heteroatoms. The lowest BCUT2D eigenvalue weighted by Gasteiger charge is -2.10. The molecule has 2 rings (SSSR count). The van der Waals surface area contributed by atoms with E-state index in [2.05, 4.69) is 21.3 Å². The second kappa shape index (κ2) is 9.24. The lowest BCUT2D eigenvalue weighted by Crippen LogP contribution is -2.42. The molecule has 1 aliphatic carbocycles. The fraction of sp³-hybridized carbons (Fsp3) is 0.438. The van der Waals surface area contributed by atoms with Crippen LogP contribution in [-0.2, 0) is 9.53 Å². The maximum atomic E-state index is 12.0. The van der Waals surface area contributed by atoms with Crippen molar-refractivity contribution in [2.75, 3.05) is 32.1 Å². The second-order valence-corrected chi connectivity index (χ2v) is 6.00. The van der Waals surface area contributed by atoms with Crippen LogP contribution in [0, 0.1) is 0 Å². The molecule has 25 heavy (non-hydrogen) atoms. The molecule has 0 saturated heterocycles. The Balaban J connectivity index is 1.79. The van der Waals surface area contributed by atoms with Crippen LogP contribution in [0.1, 0.15) is 23.2 Å². The van der Waals surface area contributed by atoms with E-state index in [1.165, 1.54) is 0 Å². The van der Waals surface area contributed by atoms with Crippen molar-refractivity contribution in [3.8, 4) is 0 Å². The molecular weight excluding hydrogens is 348 g/mol. The van der Waals surface area contributed by atoms with E-state index < -0.39 is 11.9 Å². The van der Waals surface area contributed by atoms with Gasteiger partial charge in [0.05, 0.1) is 23.7 Å². The Kier molecular flexibility index (Phi) is 7.03. The standard InChI is InChI=1S/C16H21ClN4O4/c1-25-7-6-18-15(23)12-5-4-11(8-13(12)17)19-9-14(22)21-16(24)20-10-2-3-10/h4-5,8,10,19H,2-3,6-7,9H2,1H3,(H,18,23)(H2,20,21,22,24). The van der Waals surface area contributed by atoms with Gasteiger partial charge < -0.3 is 20.7 Å². The number of imide groups is 1. The number of nitrogens with one attached hydrogen (secondary N) is 4. The Bertz CT molecular complexity index is 649. The summed E-state index contributed by atoms with van der Waals surface area (Å²) in [7, 11) is 1.55. The van der Waals surface area contributed by atoms with Gasteiger partial charge in [-0.15, -0.1) is 0 Å².